The Labute approximate surface area is 137 Å². The number of likely N-dealkylation sites (tertiary alicyclic amines) is 1. The van der Waals surface area contributed by atoms with Crippen molar-refractivity contribution in [2.24, 2.45) is 5.73 Å². The molecule has 2 amide bonds. The fraction of sp³-hybridized carbons (Fsp3) is 0.500. The van der Waals surface area contributed by atoms with Gasteiger partial charge in [-0.05, 0) is 24.8 Å². The molecular formula is C16H24ClN3O2. The molecule has 1 aliphatic rings. The highest BCUT2D eigenvalue weighted by Crippen LogP contribution is 2.15. The first kappa shape index (κ1) is 18.5. The molecular weight excluding hydrogens is 302 g/mol. The van der Waals surface area contributed by atoms with Crippen LogP contribution in [0.5, 0.6) is 0 Å². The van der Waals surface area contributed by atoms with Gasteiger partial charge in [-0.2, -0.15) is 0 Å². The Bertz CT molecular complexity index is 482. The molecule has 0 aliphatic carbocycles. The fourth-order valence-electron chi connectivity index (χ4n) is 2.69. The molecule has 0 bridgehead atoms. The minimum atomic E-state index is -0.129. The van der Waals surface area contributed by atoms with Crippen LogP contribution in [0.1, 0.15) is 24.8 Å². The topological polar surface area (TPSA) is 75.4 Å². The minimum absolute atomic E-state index is 0. The van der Waals surface area contributed by atoms with Crippen LogP contribution in [0.15, 0.2) is 30.3 Å². The number of hydrogen-bond acceptors (Lipinski definition) is 3. The number of amides is 2. The van der Waals surface area contributed by atoms with Crippen LogP contribution in [0.4, 0.5) is 0 Å². The van der Waals surface area contributed by atoms with Crippen molar-refractivity contribution in [3.05, 3.63) is 35.9 Å². The van der Waals surface area contributed by atoms with Gasteiger partial charge >= 0.3 is 0 Å². The van der Waals surface area contributed by atoms with Gasteiger partial charge < -0.3 is 16.0 Å². The lowest BCUT2D eigenvalue weighted by molar-refractivity contribution is -0.135. The van der Waals surface area contributed by atoms with Gasteiger partial charge in [0, 0.05) is 19.1 Å². The maximum absolute atomic E-state index is 12.2. The molecule has 6 heteroatoms. The van der Waals surface area contributed by atoms with Gasteiger partial charge in [-0.3, -0.25) is 9.59 Å². The summed E-state index contributed by atoms with van der Waals surface area (Å²) in [5, 5.41) is 2.70. The number of piperidine rings is 1. The Kier molecular flexibility index (Phi) is 7.91. The monoisotopic (exact) mass is 325 g/mol. The SMILES string of the molecule is Cl.NCC1CCCCN1C(=O)CNC(=O)Cc1ccccc1. The Hall–Kier alpha value is -1.59. The second kappa shape index (κ2) is 9.43. The van der Waals surface area contributed by atoms with Crippen molar-refractivity contribution in [1.29, 1.82) is 0 Å². The molecule has 1 aromatic carbocycles. The lowest BCUT2D eigenvalue weighted by atomic mass is 10.0. The predicted octanol–water partition coefficient (Wildman–Crippen LogP) is 1.11. The van der Waals surface area contributed by atoms with Gasteiger partial charge in [-0.25, -0.2) is 0 Å². The van der Waals surface area contributed by atoms with E-state index >= 15 is 0 Å². The van der Waals surface area contributed by atoms with Crippen LogP contribution >= 0.6 is 12.4 Å². The van der Waals surface area contributed by atoms with E-state index in [2.05, 4.69) is 5.32 Å². The van der Waals surface area contributed by atoms with Crippen LogP contribution in [0, 0.1) is 0 Å². The number of hydrogen-bond donors (Lipinski definition) is 2. The summed E-state index contributed by atoms with van der Waals surface area (Å²) in [6.07, 6.45) is 3.39. The normalized spacial score (nSPS) is 17.5. The molecule has 0 saturated carbocycles. The van der Waals surface area contributed by atoms with Crippen LogP contribution in [-0.2, 0) is 16.0 Å². The summed E-state index contributed by atoms with van der Waals surface area (Å²) in [7, 11) is 0. The average Bonchev–Trinajstić information content (AvgIpc) is 2.53. The van der Waals surface area contributed by atoms with Gasteiger partial charge in [0.1, 0.15) is 0 Å². The van der Waals surface area contributed by atoms with E-state index in [0.717, 1.165) is 31.4 Å². The molecule has 1 fully saturated rings. The van der Waals surface area contributed by atoms with Crippen LogP contribution in [0.3, 0.4) is 0 Å². The molecule has 1 unspecified atom stereocenters. The summed E-state index contributed by atoms with van der Waals surface area (Å²) in [6, 6.07) is 9.62. The van der Waals surface area contributed by atoms with E-state index in [-0.39, 0.29) is 36.8 Å². The summed E-state index contributed by atoms with van der Waals surface area (Å²) >= 11 is 0. The third-order valence-corrected chi connectivity index (χ3v) is 3.86. The smallest absolute Gasteiger partial charge is 0.242 e. The first-order valence-corrected chi connectivity index (χ1v) is 7.51. The molecule has 2 rings (SSSR count). The van der Waals surface area contributed by atoms with E-state index in [1.54, 1.807) is 0 Å². The highest BCUT2D eigenvalue weighted by molar-refractivity contribution is 5.86. The molecule has 1 aliphatic heterocycles. The standard InChI is InChI=1S/C16H23N3O2.ClH/c17-11-14-8-4-5-9-19(14)16(21)12-18-15(20)10-13-6-2-1-3-7-13;/h1-3,6-7,14H,4-5,8-12,17H2,(H,18,20);1H. The quantitative estimate of drug-likeness (QED) is 0.851. The largest absolute Gasteiger partial charge is 0.347 e. The minimum Gasteiger partial charge on any atom is -0.347 e. The number of nitrogens with two attached hydrogens (primary N) is 1. The van der Waals surface area contributed by atoms with E-state index in [4.69, 9.17) is 5.73 Å². The zero-order valence-corrected chi connectivity index (χ0v) is 13.5. The van der Waals surface area contributed by atoms with Gasteiger partial charge in [-0.1, -0.05) is 30.3 Å². The van der Waals surface area contributed by atoms with E-state index < -0.39 is 0 Å². The van der Waals surface area contributed by atoms with Crippen LogP contribution < -0.4 is 11.1 Å². The Balaban J connectivity index is 0.00000242. The zero-order chi connectivity index (χ0) is 15.1. The van der Waals surface area contributed by atoms with Gasteiger partial charge in [0.05, 0.1) is 13.0 Å². The molecule has 0 spiro atoms. The molecule has 122 valence electrons. The Morgan fingerprint density at radius 1 is 1.23 bits per heavy atom. The average molecular weight is 326 g/mol. The molecule has 0 aromatic heterocycles. The van der Waals surface area contributed by atoms with Crippen molar-refractivity contribution in [2.45, 2.75) is 31.7 Å². The van der Waals surface area contributed by atoms with E-state index in [1.807, 2.05) is 35.2 Å². The van der Waals surface area contributed by atoms with Gasteiger partial charge in [0.15, 0.2) is 0 Å². The third kappa shape index (κ3) is 5.31. The van der Waals surface area contributed by atoms with Crippen molar-refractivity contribution in [1.82, 2.24) is 10.2 Å². The number of carbonyl (C=O) groups excluding carboxylic acids is 2. The highest BCUT2D eigenvalue weighted by Gasteiger charge is 2.25. The highest BCUT2D eigenvalue weighted by atomic mass is 35.5. The molecule has 1 heterocycles. The number of rotatable bonds is 5. The number of nitrogens with zero attached hydrogens (tertiary/aromatic N) is 1. The number of benzene rings is 1. The van der Waals surface area contributed by atoms with Crippen molar-refractivity contribution in [2.75, 3.05) is 19.6 Å². The summed E-state index contributed by atoms with van der Waals surface area (Å²) in [5.41, 5.74) is 6.65. The molecule has 5 nitrogen and oxygen atoms in total. The lowest BCUT2D eigenvalue weighted by Gasteiger charge is -2.35. The van der Waals surface area contributed by atoms with E-state index in [1.165, 1.54) is 0 Å². The zero-order valence-electron chi connectivity index (χ0n) is 12.7. The second-order valence-electron chi connectivity index (χ2n) is 5.41. The van der Waals surface area contributed by atoms with Gasteiger partial charge in [0.2, 0.25) is 11.8 Å². The van der Waals surface area contributed by atoms with Crippen LogP contribution in [0.2, 0.25) is 0 Å². The number of carbonyl (C=O) groups is 2. The maximum atomic E-state index is 12.2. The Morgan fingerprint density at radius 2 is 1.95 bits per heavy atom. The van der Waals surface area contributed by atoms with Crippen molar-refractivity contribution in [3.63, 3.8) is 0 Å². The van der Waals surface area contributed by atoms with Gasteiger partial charge in [-0.15, -0.1) is 12.4 Å². The van der Waals surface area contributed by atoms with Gasteiger partial charge in [0.25, 0.3) is 0 Å². The number of halogens is 1. The molecule has 1 atom stereocenters. The first-order valence-electron chi connectivity index (χ1n) is 7.51. The summed E-state index contributed by atoms with van der Waals surface area (Å²) in [4.78, 5) is 25.8. The second-order valence-corrected chi connectivity index (χ2v) is 5.41. The summed E-state index contributed by atoms with van der Waals surface area (Å²) in [5.74, 6) is -0.164. The lowest BCUT2D eigenvalue weighted by Crippen LogP contribution is -2.50. The Morgan fingerprint density at radius 3 is 2.64 bits per heavy atom. The van der Waals surface area contributed by atoms with Crippen LogP contribution in [0.25, 0.3) is 0 Å². The maximum Gasteiger partial charge on any atom is 0.242 e. The molecule has 0 radical (unpaired) electrons. The number of nitrogens with one attached hydrogen (secondary N) is 1. The molecule has 1 saturated heterocycles. The fourth-order valence-corrected chi connectivity index (χ4v) is 2.69. The molecule has 3 N–H and O–H groups in total. The molecule has 22 heavy (non-hydrogen) atoms. The predicted molar refractivity (Wildman–Crippen MR) is 88.8 cm³/mol. The van der Waals surface area contributed by atoms with E-state index in [0.29, 0.717) is 13.0 Å². The van der Waals surface area contributed by atoms with Crippen molar-refractivity contribution >= 4 is 24.2 Å². The molecule has 1 aromatic rings. The third-order valence-electron chi connectivity index (χ3n) is 3.86. The summed E-state index contributed by atoms with van der Waals surface area (Å²) < 4.78 is 0. The van der Waals surface area contributed by atoms with E-state index in [9.17, 15) is 9.59 Å². The van der Waals surface area contributed by atoms with Crippen molar-refractivity contribution < 1.29 is 9.59 Å². The van der Waals surface area contributed by atoms with Crippen LogP contribution in [-0.4, -0.2) is 42.4 Å². The first-order chi connectivity index (χ1) is 10.2. The van der Waals surface area contributed by atoms with Crippen molar-refractivity contribution in [3.8, 4) is 0 Å². The summed E-state index contributed by atoms with van der Waals surface area (Å²) in [6.45, 7) is 1.29.